The van der Waals surface area contributed by atoms with E-state index in [0.717, 1.165) is 5.56 Å². The molecule has 158 valence electrons. The molecule has 0 radical (unpaired) electrons. The fraction of sp³-hybridized carbons (Fsp3) is 0.600. The molecule has 3 fully saturated rings. The van der Waals surface area contributed by atoms with E-state index in [-0.39, 0.29) is 41.7 Å². The van der Waals surface area contributed by atoms with Crippen LogP contribution >= 0.6 is 11.6 Å². The lowest BCUT2D eigenvalue weighted by Crippen LogP contribution is -2.53. The molecule has 7 nitrogen and oxygen atoms in total. The second-order valence-electron chi connectivity index (χ2n) is 8.18. The van der Waals surface area contributed by atoms with Crippen LogP contribution in [0.5, 0.6) is 0 Å². The number of hydrogen-bond donors (Lipinski definition) is 0. The first-order valence-electron chi connectivity index (χ1n) is 10.1. The first-order valence-corrected chi connectivity index (χ1v) is 12.3. The van der Waals surface area contributed by atoms with Crippen molar-refractivity contribution < 1.29 is 18.0 Å². The van der Waals surface area contributed by atoms with Crippen LogP contribution in [0.1, 0.15) is 18.4 Å². The molecule has 29 heavy (non-hydrogen) atoms. The van der Waals surface area contributed by atoms with Gasteiger partial charge in [-0.25, -0.2) is 8.42 Å². The Bertz CT molecular complexity index is 899. The number of halogens is 1. The highest BCUT2D eigenvalue weighted by molar-refractivity contribution is 7.91. The summed E-state index contributed by atoms with van der Waals surface area (Å²) in [6.07, 6.45) is 0.925. The van der Waals surface area contributed by atoms with E-state index in [4.69, 9.17) is 11.6 Å². The zero-order chi connectivity index (χ0) is 20.6. The molecule has 3 aliphatic rings. The maximum absolute atomic E-state index is 12.9. The Morgan fingerprint density at radius 3 is 2.52 bits per heavy atom. The maximum atomic E-state index is 12.9. The topological polar surface area (TPSA) is 78.0 Å². The number of carbonyl (C=O) groups excluding carboxylic acids is 2. The Morgan fingerprint density at radius 2 is 1.86 bits per heavy atom. The van der Waals surface area contributed by atoms with Crippen LogP contribution < -0.4 is 0 Å². The van der Waals surface area contributed by atoms with Gasteiger partial charge in [0, 0.05) is 56.8 Å². The van der Waals surface area contributed by atoms with Crippen molar-refractivity contribution >= 4 is 33.3 Å². The molecule has 0 spiro atoms. The fourth-order valence-corrected chi connectivity index (χ4v) is 6.51. The van der Waals surface area contributed by atoms with E-state index in [1.807, 2.05) is 23.1 Å². The van der Waals surface area contributed by atoms with E-state index in [2.05, 4.69) is 4.90 Å². The third kappa shape index (κ3) is 4.59. The van der Waals surface area contributed by atoms with Crippen LogP contribution in [0.25, 0.3) is 0 Å². The van der Waals surface area contributed by atoms with Crippen LogP contribution in [-0.4, -0.2) is 85.2 Å². The van der Waals surface area contributed by atoms with E-state index < -0.39 is 9.84 Å². The number of hydrogen-bond acceptors (Lipinski definition) is 5. The van der Waals surface area contributed by atoms with E-state index in [0.29, 0.717) is 50.7 Å². The Balaban J connectivity index is 1.30. The van der Waals surface area contributed by atoms with Gasteiger partial charge >= 0.3 is 0 Å². The van der Waals surface area contributed by atoms with Gasteiger partial charge in [0.1, 0.15) is 0 Å². The summed E-state index contributed by atoms with van der Waals surface area (Å²) in [6.45, 7) is 3.40. The summed E-state index contributed by atoms with van der Waals surface area (Å²) in [6, 6.07) is 7.52. The molecule has 2 amide bonds. The van der Waals surface area contributed by atoms with Gasteiger partial charge in [-0.3, -0.25) is 14.5 Å². The molecule has 2 atom stereocenters. The number of rotatable bonds is 4. The summed E-state index contributed by atoms with van der Waals surface area (Å²) in [5, 5.41) is 0.625. The number of piperazine rings is 1. The van der Waals surface area contributed by atoms with Crippen LogP contribution in [0.3, 0.4) is 0 Å². The molecule has 4 rings (SSSR count). The van der Waals surface area contributed by atoms with Gasteiger partial charge in [0.2, 0.25) is 11.8 Å². The van der Waals surface area contributed by atoms with Crippen molar-refractivity contribution in [3.8, 4) is 0 Å². The molecular weight excluding hydrogens is 414 g/mol. The van der Waals surface area contributed by atoms with Crippen molar-refractivity contribution in [2.75, 3.05) is 44.2 Å². The summed E-state index contributed by atoms with van der Waals surface area (Å²) >= 11 is 6.20. The molecule has 1 aromatic rings. The largest absolute Gasteiger partial charge is 0.340 e. The third-order valence-electron chi connectivity index (χ3n) is 6.23. The first-order chi connectivity index (χ1) is 13.8. The first kappa shape index (κ1) is 20.6. The van der Waals surface area contributed by atoms with Crippen molar-refractivity contribution in [3.63, 3.8) is 0 Å². The van der Waals surface area contributed by atoms with E-state index in [1.54, 1.807) is 11.0 Å². The van der Waals surface area contributed by atoms with E-state index in [1.165, 1.54) is 0 Å². The number of nitrogens with zero attached hydrogens (tertiary/aromatic N) is 3. The minimum atomic E-state index is -2.90. The van der Waals surface area contributed by atoms with Crippen molar-refractivity contribution in [2.45, 2.75) is 25.4 Å². The molecule has 0 N–H and O–H groups in total. The van der Waals surface area contributed by atoms with Crippen molar-refractivity contribution in [1.29, 1.82) is 0 Å². The van der Waals surface area contributed by atoms with Gasteiger partial charge in [-0.15, -0.1) is 0 Å². The van der Waals surface area contributed by atoms with Crippen molar-refractivity contribution in [1.82, 2.24) is 14.7 Å². The summed E-state index contributed by atoms with van der Waals surface area (Å²) in [5.74, 6) is 0.192. The number of sulfone groups is 1. The number of carbonyl (C=O) groups is 2. The van der Waals surface area contributed by atoms with Crippen LogP contribution in [0.2, 0.25) is 5.02 Å². The molecule has 0 aromatic heterocycles. The lowest BCUT2D eigenvalue weighted by atomic mass is 10.1. The molecule has 0 saturated carbocycles. The molecule has 3 saturated heterocycles. The zero-order valence-corrected chi connectivity index (χ0v) is 17.9. The molecule has 1 aromatic carbocycles. The minimum absolute atomic E-state index is 0.0157. The molecule has 3 aliphatic heterocycles. The quantitative estimate of drug-likeness (QED) is 0.700. The van der Waals surface area contributed by atoms with Gasteiger partial charge in [-0.1, -0.05) is 29.8 Å². The highest BCUT2D eigenvalue weighted by Crippen LogP contribution is 2.26. The lowest BCUT2D eigenvalue weighted by molar-refractivity contribution is -0.137. The van der Waals surface area contributed by atoms with E-state index >= 15 is 0 Å². The Kier molecular flexibility index (Phi) is 5.86. The average molecular weight is 440 g/mol. The van der Waals surface area contributed by atoms with Crippen LogP contribution in [-0.2, 0) is 26.0 Å². The summed E-state index contributed by atoms with van der Waals surface area (Å²) in [4.78, 5) is 31.1. The summed E-state index contributed by atoms with van der Waals surface area (Å²) < 4.78 is 23.4. The van der Waals surface area contributed by atoms with E-state index in [9.17, 15) is 18.0 Å². The van der Waals surface area contributed by atoms with Gasteiger partial charge < -0.3 is 9.80 Å². The fourth-order valence-electron chi connectivity index (χ4n) is 4.55. The smallest absolute Gasteiger partial charge is 0.228 e. The predicted molar refractivity (Wildman–Crippen MR) is 110 cm³/mol. The number of likely N-dealkylation sites (tertiary alicyclic amines) is 1. The predicted octanol–water partition coefficient (Wildman–Crippen LogP) is 1.02. The second kappa shape index (κ2) is 8.24. The number of benzene rings is 1. The molecule has 0 aliphatic carbocycles. The van der Waals surface area contributed by atoms with Gasteiger partial charge in [-0.2, -0.15) is 0 Å². The summed E-state index contributed by atoms with van der Waals surface area (Å²) in [7, 11) is -2.90. The van der Waals surface area contributed by atoms with Crippen molar-refractivity contribution in [2.24, 2.45) is 5.92 Å². The Labute approximate surface area is 176 Å². The maximum Gasteiger partial charge on any atom is 0.228 e. The molecule has 0 bridgehead atoms. The molecule has 9 heteroatoms. The monoisotopic (exact) mass is 439 g/mol. The van der Waals surface area contributed by atoms with Gasteiger partial charge in [-0.05, 0) is 18.1 Å². The standard InChI is InChI=1S/C20H26ClN3O4S/c21-18-4-2-1-3-15(18)12-24-13-16(11-19(24)25)20(26)23-8-6-22(7-9-23)17-5-10-29(27,28)14-17/h1-4,16-17H,5-14H2/t16-,17+/m0/s1. The highest BCUT2D eigenvalue weighted by Gasteiger charge is 2.39. The third-order valence-corrected chi connectivity index (χ3v) is 8.35. The van der Waals surface area contributed by atoms with Crippen LogP contribution in [0.4, 0.5) is 0 Å². The average Bonchev–Trinajstić information content (AvgIpc) is 3.25. The van der Waals surface area contributed by atoms with Gasteiger partial charge in [0.25, 0.3) is 0 Å². The van der Waals surface area contributed by atoms with Crippen molar-refractivity contribution in [3.05, 3.63) is 34.9 Å². The Hall–Kier alpha value is -1.64. The van der Waals surface area contributed by atoms with Crippen LogP contribution in [0, 0.1) is 5.92 Å². The van der Waals surface area contributed by atoms with Crippen LogP contribution in [0.15, 0.2) is 24.3 Å². The zero-order valence-electron chi connectivity index (χ0n) is 16.3. The Morgan fingerprint density at radius 1 is 1.14 bits per heavy atom. The lowest BCUT2D eigenvalue weighted by Gasteiger charge is -2.38. The summed E-state index contributed by atoms with van der Waals surface area (Å²) in [5.41, 5.74) is 0.885. The number of amides is 2. The second-order valence-corrected chi connectivity index (χ2v) is 10.8. The van der Waals surface area contributed by atoms with Gasteiger partial charge in [0.05, 0.1) is 17.4 Å². The SMILES string of the molecule is O=C1C[C@H](C(=O)N2CCN([C@@H]3CCS(=O)(=O)C3)CC2)CN1Cc1ccccc1Cl. The minimum Gasteiger partial charge on any atom is -0.340 e. The molecular formula is C20H26ClN3O4S. The molecule has 0 unspecified atom stereocenters. The van der Waals surface area contributed by atoms with Gasteiger partial charge in [0.15, 0.2) is 9.84 Å². The highest BCUT2D eigenvalue weighted by atomic mass is 35.5. The molecule has 3 heterocycles. The normalized spacial score (nSPS) is 27.6.